The van der Waals surface area contributed by atoms with Gasteiger partial charge in [-0.25, -0.2) is 13.2 Å². The van der Waals surface area contributed by atoms with Crippen molar-refractivity contribution >= 4 is 43.6 Å². The van der Waals surface area contributed by atoms with Gasteiger partial charge >= 0.3 is 0 Å². The Kier molecular flexibility index (Phi) is 4.79. The molecule has 2 aromatic heterocycles. The van der Waals surface area contributed by atoms with Crippen LogP contribution < -0.4 is 0 Å². The number of benzene rings is 5. The van der Waals surface area contributed by atoms with Gasteiger partial charge in [0, 0.05) is 33.7 Å². The van der Waals surface area contributed by atoms with E-state index in [1.54, 1.807) is 30.3 Å². The van der Waals surface area contributed by atoms with E-state index in [-0.39, 0.29) is 5.69 Å². The zero-order valence-electron chi connectivity index (χ0n) is 20.1. The number of aromatic nitrogens is 2. The van der Waals surface area contributed by atoms with Gasteiger partial charge in [-0.05, 0) is 30.3 Å². The van der Waals surface area contributed by atoms with Crippen LogP contribution in [0.15, 0.2) is 91.0 Å². The van der Waals surface area contributed by atoms with Crippen molar-refractivity contribution in [2.45, 2.75) is 0 Å². The fourth-order valence-corrected chi connectivity index (χ4v) is 5.69. The molecule has 0 bridgehead atoms. The third-order valence-corrected chi connectivity index (χ3v) is 7.18. The van der Waals surface area contributed by atoms with Crippen LogP contribution in [-0.4, -0.2) is 9.13 Å². The highest BCUT2D eigenvalue weighted by molar-refractivity contribution is 6.26. The van der Waals surface area contributed by atoms with E-state index in [4.69, 9.17) is 0 Å². The molecule has 4 nitrogen and oxygen atoms in total. The first-order valence-corrected chi connectivity index (χ1v) is 12.1. The van der Waals surface area contributed by atoms with Crippen molar-refractivity contribution in [1.82, 2.24) is 9.13 Å². The maximum Gasteiger partial charge on any atom is 0.153 e. The van der Waals surface area contributed by atoms with Crippen molar-refractivity contribution in [3.63, 3.8) is 0 Å². The van der Waals surface area contributed by atoms with E-state index >= 15 is 8.78 Å². The summed E-state index contributed by atoms with van der Waals surface area (Å²) in [5, 5.41) is 22.8. The van der Waals surface area contributed by atoms with Crippen LogP contribution in [0.1, 0.15) is 11.1 Å². The number of hydrogen-bond acceptors (Lipinski definition) is 2. The quantitative estimate of drug-likeness (QED) is 0.235. The van der Waals surface area contributed by atoms with E-state index in [9.17, 15) is 14.9 Å². The van der Waals surface area contributed by atoms with Crippen molar-refractivity contribution in [1.29, 1.82) is 10.5 Å². The molecule has 184 valence electrons. The van der Waals surface area contributed by atoms with Crippen LogP contribution in [-0.2, 0) is 0 Å². The van der Waals surface area contributed by atoms with Gasteiger partial charge in [0.05, 0.1) is 38.9 Å². The summed E-state index contributed by atoms with van der Waals surface area (Å²) in [5.74, 6) is -3.07. The fraction of sp³-hybridized carbons (Fsp3) is 0. The summed E-state index contributed by atoms with van der Waals surface area (Å²) in [4.78, 5) is 0. The Bertz CT molecular complexity index is 2190. The summed E-state index contributed by atoms with van der Waals surface area (Å²) in [5.41, 5.74) is 3.11. The average molecular weight is 512 g/mol. The molecule has 7 rings (SSSR count). The lowest BCUT2D eigenvalue weighted by molar-refractivity contribution is 0.537. The first-order valence-electron chi connectivity index (χ1n) is 12.1. The smallest absolute Gasteiger partial charge is 0.153 e. The summed E-state index contributed by atoms with van der Waals surface area (Å²) >= 11 is 0. The van der Waals surface area contributed by atoms with Crippen molar-refractivity contribution in [2.24, 2.45) is 0 Å². The molecule has 0 radical (unpaired) electrons. The SMILES string of the molecule is N#Cc1cccc(C#N)c1-n1c2ccccc2c2c1ccc1c3ccccc3n(-c3c(F)cc(F)cc3F)c12. The average Bonchev–Trinajstić information content (AvgIpc) is 3.45. The third-order valence-electron chi connectivity index (χ3n) is 7.18. The van der Waals surface area contributed by atoms with Crippen LogP contribution in [0, 0.1) is 40.1 Å². The number of rotatable bonds is 2. The molecule has 0 aliphatic rings. The largest absolute Gasteiger partial charge is 0.307 e. The summed E-state index contributed by atoms with van der Waals surface area (Å²) in [6, 6.07) is 29.2. The van der Waals surface area contributed by atoms with Crippen molar-refractivity contribution < 1.29 is 13.2 Å². The van der Waals surface area contributed by atoms with Gasteiger partial charge in [-0.2, -0.15) is 10.5 Å². The molecule has 0 N–H and O–H groups in total. The van der Waals surface area contributed by atoms with Crippen LogP contribution in [0.4, 0.5) is 13.2 Å². The van der Waals surface area contributed by atoms with Gasteiger partial charge in [0.25, 0.3) is 0 Å². The van der Waals surface area contributed by atoms with Gasteiger partial charge in [0.2, 0.25) is 0 Å². The molecule has 0 amide bonds. The molecule has 5 aromatic carbocycles. The van der Waals surface area contributed by atoms with Gasteiger partial charge in [0.15, 0.2) is 11.6 Å². The molecule has 2 heterocycles. The molecule has 0 saturated heterocycles. The van der Waals surface area contributed by atoms with Crippen molar-refractivity contribution in [2.75, 3.05) is 0 Å². The maximum atomic E-state index is 15.3. The molecule has 0 spiro atoms. The Morgan fingerprint density at radius 1 is 0.538 bits per heavy atom. The van der Waals surface area contributed by atoms with Gasteiger partial charge in [-0.15, -0.1) is 0 Å². The highest BCUT2D eigenvalue weighted by Crippen LogP contribution is 2.43. The molecule has 0 aliphatic heterocycles. The summed E-state index contributed by atoms with van der Waals surface area (Å²) in [6.07, 6.45) is 0. The van der Waals surface area contributed by atoms with Crippen LogP contribution in [0.3, 0.4) is 0 Å². The lowest BCUT2D eigenvalue weighted by atomic mass is 10.1. The predicted octanol–water partition coefficient (Wildman–Crippen LogP) is 8.04. The van der Waals surface area contributed by atoms with E-state index in [0.29, 0.717) is 50.9 Å². The van der Waals surface area contributed by atoms with E-state index in [1.807, 2.05) is 53.1 Å². The van der Waals surface area contributed by atoms with Crippen molar-refractivity contribution in [3.8, 4) is 23.5 Å². The van der Waals surface area contributed by atoms with E-state index < -0.39 is 17.5 Å². The number of fused-ring (bicyclic) bond motifs is 7. The molecular formula is C32H15F3N4. The molecule has 0 fully saturated rings. The minimum Gasteiger partial charge on any atom is -0.307 e. The van der Waals surface area contributed by atoms with Crippen LogP contribution in [0.25, 0.3) is 55.0 Å². The van der Waals surface area contributed by atoms with Gasteiger partial charge < -0.3 is 9.13 Å². The zero-order chi connectivity index (χ0) is 26.8. The Morgan fingerprint density at radius 3 is 1.77 bits per heavy atom. The maximum absolute atomic E-state index is 15.3. The second kappa shape index (κ2) is 8.24. The second-order valence-corrected chi connectivity index (χ2v) is 9.20. The Morgan fingerprint density at radius 2 is 1.13 bits per heavy atom. The van der Waals surface area contributed by atoms with E-state index in [1.165, 1.54) is 4.57 Å². The monoisotopic (exact) mass is 512 g/mol. The standard InChI is InChI=1S/C32H15F3N4/c33-20-14-24(34)32(25(35)15-20)39-26-10-3-1-8-21(26)22-12-13-28-29(31(22)39)23-9-2-4-11-27(23)38(28)30-18(16-36)6-5-7-19(30)17-37/h1-15H. The summed E-state index contributed by atoms with van der Waals surface area (Å²) in [6.45, 7) is 0. The van der Waals surface area contributed by atoms with Gasteiger partial charge in [-0.3, -0.25) is 0 Å². The number of nitriles is 2. The van der Waals surface area contributed by atoms with E-state index in [2.05, 4.69) is 12.1 Å². The minimum absolute atomic E-state index is 0.313. The van der Waals surface area contributed by atoms with Crippen LogP contribution >= 0.6 is 0 Å². The molecule has 0 saturated carbocycles. The first-order chi connectivity index (χ1) is 19.0. The van der Waals surface area contributed by atoms with Crippen molar-refractivity contribution in [3.05, 3.63) is 120 Å². The van der Waals surface area contributed by atoms with Gasteiger partial charge in [-0.1, -0.05) is 48.5 Å². The lowest BCUT2D eigenvalue weighted by Gasteiger charge is -2.13. The predicted molar refractivity (Wildman–Crippen MR) is 144 cm³/mol. The topological polar surface area (TPSA) is 57.4 Å². The summed E-state index contributed by atoms with van der Waals surface area (Å²) < 4.78 is 47.9. The number of hydrogen-bond donors (Lipinski definition) is 0. The Hall–Kier alpha value is -5.53. The fourth-order valence-electron chi connectivity index (χ4n) is 5.69. The Balaban J connectivity index is 1.78. The zero-order valence-corrected chi connectivity index (χ0v) is 20.1. The molecule has 0 aliphatic carbocycles. The van der Waals surface area contributed by atoms with E-state index in [0.717, 1.165) is 21.7 Å². The number of para-hydroxylation sites is 3. The normalized spacial score (nSPS) is 11.4. The molecule has 0 unspecified atom stereocenters. The number of halogens is 3. The number of nitrogens with zero attached hydrogens (tertiary/aromatic N) is 4. The molecule has 0 atom stereocenters. The van der Waals surface area contributed by atoms with Gasteiger partial charge in [0.1, 0.15) is 23.6 Å². The molecule has 7 heteroatoms. The lowest BCUT2D eigenvalue weighted by Crippen LogP contribution is -2.03. The highest BCUT2D eigenvalue weighted by atomic mass is 19.1. The van der Waals surface area contributed by atoms with Crippen LogP contribution in [0.2, 0.25) is 0 Å². The first kappa shape index (κ1) is 22.7. The van der Waals surface area contributed by atoms with Crippen LogP contribution in [0.5, 0.6) is 0 Å². The highest BCUT2D eigenvalue weighted by Gasteiger charge is 2.25. The molecule has 39 heavy (non-hydrogen) atoms. The molecule has 7 aromatic rings. The Labute approximate surface area is 219 Å². The second-order valence-electron chi connectivity index (χ2n) is 9.20. The molecular weight excluding hydrogens is 497 g/mol. The minimum atomic E-state index is -1.03. The third kappa shape index (κ3) is 3.05. The summed E-state index contributed by atoms with van der Waals surface area (Å²) in [7, 11) is 0.